The van der Waals surface area contributed by atoms with Crippen LogP contribution in [0.5, 0.6) is 0 Å². The van der Waals surface area contributed by atoms with E-state index in [1.807, 2.05) is 0 Å². The van der Waals surface area contributed by atoms with Crippen molar-refractivity contribution in [2.75, 3.05) is 13.7 Å². The zero-order valence-corrected chi connectivity index (χ0v) is 23.3. The van der Waals surface area contributed by atoms with Crippen molar-refractivity contribution in [3.8, 4) is 0 Å². The molecule has 5 nitrogen and oxygen atoms in total. The molecule has 0 heterocycles. The average Bonchev–Trinajstić information content (AvgIpc) is 2.80. The predicted octanol–water partition coefficient (Wildman–Crippen LogP) is 8.15. The molecule has 0 aliphatic heterocycles. The summed E-state index contributed by atoms with van der Waals surface area (Å²) in [6.45, 7) is 11.0. The molecule has 5 heteroatoms. The first-order chi connectivity index (χ1) is 16.3. The lowest BCUT2D eigenvalue weighted by Gasteiger charge is -2.37. The first-order valence-corrected chi connectivity index (χ1v) is 14.4. The largest absolute Gasteiger partial charge is 0.464 e. The molecular formula is C29H55NO4. The molecule has 0 bridgehead atoms. The van der Waals surface area contributed by atoms with Crippen molar-refractivity contribution in [1.82, 2.24) is 4.90 Å². The van der Waals surface area contributed by atoms with Gasteiger partial charge >= 0.3 is 12.1 Å². The molecule has 0 aromatic carbocycles. The molecule has 1 rings (SSSR count). The van der Waals surface area contributed by atoms with Crippen molar-refractivity contribution in [3.05, 3.63) is 0 Å². The number of amides is 1. The number of ether oxygens (including phenoxy) is 2. The lowest BCUT2D eigenvalue weighted by molar-refractivity contribution is -0.148. The lowest BCUT2D eigenvalue weighted by atomic mass is 9.75. The van der Waals surface area contributed by atoms with Crippen LogP contribution >= 0.6 is 0 Å². The number of carbonyl (C=O) groups excluding carboxylic acids is 2. The highest BCUT2D eigenvalue weighted by Gasteiger charge is 2.35. The van der Waals surface area contributed by atoms with Gasteiger partial charge in [-0.1, -0.05) is 105 Å². The molecule has 0 radical (unpaired) electrons. The van der Waals surface area contributed by atoms with E-state index in [0.717, 1.165) is 25.7 Å². The summed E-state index contributed by atoms with van der Waals surface area (Å²) in [5, 5.41) is 0. The number of esters is 1. The zero-order chi connectivity index (χ0) is 25.3. The summed E-state index contributed by atoms with van der Waals surface area (Å²) in [4.78, 5) is 26.5. The molecule has 1 fully saturated rings. The molecule has 1 aliphatic rings. The molecule has 1 amide bonds. The molecule has 4 atom stereocenters. The van der Waals surface area contributed by atoms with Gasteiger partial charge < -0.3 is 9.47 Å². The fraction of sp³-hybridized carbons (Fsp3) is 0.931. The van der Waals surface area contributed by atoms with Crippen molar-refractivity contribution < 1.29 is 19.1 Å². The maximum atomic E-state index is 12.7. The van der Waals surface area contributed by atoms with Crippen LogP contribution < -0.4 is 0 Å². The first kappa shape index (κ1) is 30.8. The normalized spacial score (nSPS) is 21.3. The molecular weight excluding hydrogens is 426 g/mol. The Balaban J connectivity index is 2.16. The molecule has 1 saturated carbocycles. The van der Waals surface area contributed by atoms with Crippen LogP contribution in [-0.2, 0) is 14.3 Å². The highest BCUT2D eigenvalue weighted by atomic mass is 16.6. The molecule has 34 heavy (non-hydrogen) atoms. The van der Waals surface area contributed by atoms with Crippen molar-refractivity contribution in [3.63, 3.8) is 0 Å². The number of rotatable bonds is 17. The van der Waals surface area contributed by atoms with E-state index in [1.54, 1.807) is 14.0 Å². The standard InChI is InChI=1S/C29H55NO4/c1-7-8-9-10-11-12-13-14-15-16-17-18-21-33-28(31)25(5)30(6)29(32)34-27-22-24(4)19-20-26(27)23(2)3/h23-27H,7-22H2,1-6H3. The zero-order valence-electron chi connectivity index (χ0n) is 23.3. The number of nitrogens with zero attached hydrogens (tertiary/aromatic N) is 1. The number of likely N-dealkylation sites (N-methyl/N-ethyl adjacent to an activating group) is 1. The van der Waals surface area contributed by atoms with E-state index in [9.17, 15) is 9.59 Å². The van der Waals surface area contributed by atoms with Crippen LogP contribution in [0, 0.1) is 17.8 Å². The Morgan fingerprint density at radius 1 is 0.853 bits per heavy atom. The van der Waals surface area contributed by atoms with Crippen LogP contribution in [-0.4, -0.2) is 42.8 Å². The van der Waals surface area contributed by atoms with Crippen LogP contribution in [0.3, 0.4) is 0 Å². The van der Waals surface area contributed by atoms with Gasteiger partial charge in [0, 0.05) is 7.05 Å². The molecule has 0 N–H and O–H groups in total. The fourth-order valence-corrected chi connectivity index (χ4v) is 5.02. The minimum atomic E-state index is -0.636. The summed E-state index contributed by atoms with van der Waals surface area (Å²) in [5.74, 6) is 1.09. The van der Waals surface area contributed by atoms with Crippen LogP contribution in [0.2, 0.25) is 0 Å². The third-order valence-electron chi connectivity index (χ3n) is 7.67. The Labute approximate surface area is 210 Å². The van der Waals surface area contributed by atoms with Crippen molar-refractivity contribution >= 4 is 12.1 Å². The number of unbranched alkanes of at least 4 members (excludes halogenated alkanes) is 11. The Bertz CT molecular complexity index is 550. The minimum absolute atomic E-state index is 0.0667. The molecule has 0 spiro atoms. The lowest BCUT2D eigenvalue weighted by Crippen LogP contribution is -2.45. The van der Waals surface area contributed by atoms with E-state index < -0.39 is 12.1 Å². The van der Waals surface area contributed by atoms with Crippen LogP contribution in [0.25, 0.3) is 0 Å². The summed E-state index contributed by atoms with van der Waals surface area (Å²) >= 11 is 0. The van der Waals surface area contributed by atoms with E-state index in [1.165, 1.54) is 75.5 Å². The number of hydrogen-bond acceptors (Lipinski definition) is 4. The quantitative estimate of drug-likeness (QED) is 0.155. The van der Waals surface area contributed by atoms with E-state index in [4.69, 9.17) is 9.47 Å². The van der Waals surface area contributed by atoms with Gasteiger partial charge in [-0.05, 0) is 43.9 Å². The van der Waals surface area contributed by atoms with Gasteiger partial charge in [0.15, 0.2) is 0 Å². The highest BCUT2D eigenvalue weighted by Crippen LogP contribution is 2.35. The van der Waals surface area contributed by atoms with Gasteiger partial charge in [-0.25, -0.2) is 9.59 Å². The first-order valence-electron chi connectivity index (χ1n) is 14.4. The predicted molar refractivity (Wildman–Crippen MR) is 141 cm³/mol. The minimum Gasteiger partial charge on any atom is -0.464 e. The van der Waals surface area contributed by atoms with Crippen molar-refractivity contribution in [2.24, 2.45) is 17.8 Å². The fourth-order valence-electron chi connectivity index (χ4n) is 5.02. The van der Waals surface area contributed by atoms with Crippen molar-refractivity contribution in [2.45, 2.75) is 143 Å². The molecule has 4 unspecified atom stereocenters. The second-order valence-electron chi connectivity index (χ2n) is 11.1. The third kappa shape index (κ3) is 12.4. The Hall–Kier alpha value is -1.26. The van der Waals surface area contributed by atoms with Gasteiger partial charge in [0.1, 0.15) is 12.1 Å². The Morgan fingerprint density at radius 3 is 1.91 bits per heavy atom. The molecule has 1 aliphatic carbocycles. The number of hydrogen-bond donors (Lipinski definition) is 0. The topological polar surface area (TPSA) is 55.8 Å². The van der Waals surface area contributed by atoms with Crippen LogP contribution in [0.15, 0.2) is 0 Å². The van der Waals surface area contributed by atoms with Gasteiger partial charge in [-0.2, -0.15) is 0 Å². The smallest absolute Gasteiger partial charge is 0.410 e. The third-order valence-corrected chi connectivity index (χ3v) is 7.67. The van der Waals surface area contributed by atoms with Gasteiger partial charge in [0.2, 0.25) is 0 Å². The Morgan fingerprint density at radius 2 is 1.38 bits per heavy atom. The van der Waals surface area contributed by atoms with Gasteiger partial charge in [-0.15, -0.1) is 0 Å². The van der Waals surface area contributed by atoms with E-state index in [2.05, 4.69) is 27.7 Å². The van der Waals surface area contributed by atoms with Crippen molar-refractivity contribution in [1.29, 1.82) is 0 Å². The maximum absolute atomic E-state index is 12.7. The molecule has 0 saturated heterocycles. The summed E-state index contributed by atoms with van der Waals surface area (Å²) in [6, 6.07) is -0.636. The number of carbonyl (C=O) groups is 2. The SMILES string of the molecule is CCCCCCCCCCCCCCOC(=O)C(C)N(C)C(=O)OC1CC(C)CCC1C(C)C. The molecule has 200 valence electrons. The second kappa shape index (κ2) is 18.1. The van der Waals surface area contributed by atoms with Gasteiger partial charge in [-0.3, -0.25) is 4.90 Å². The van der Waals surface area contributed by atoms with E-state index >= 15 is 0 Å². The van der Waals surface area contributed by atoms with Crippen LogP contribution in [0.4, 0.5) is 4.79 Å². The monoisotopic (exact) mass is 481 g/mol. The summed E-state index contributed by atoms with van der Waals surface area (Å²) in [5.41, 5.74) is 0. The van der Waals surface area contributed by atoms with E-state index in [-0.39, 0.29) is 12.1 Å². The Kier molecular flexibility index (Phi) is 16.4. The van der Waals surface area contributed by atoms with Crippen LogP contribution in [0.1, 0.15) is 131 Å². The molecule has 0 aromatic heterocycles. The summed E-state index contributed by atoms with van der Waals surface area (Å²) < 4.78 is 11.3. The van der Waals surface area contributed by atoms with Gasteiger partial charge in [0.05, 0.1) is 6.61 Å². The summed E-state index contributed by atoms with van der Waals surface area (Å²) in [6.07, 6.45) is 18.0. The molecule has 0 aromatic rings. The van der Waals surface area contributed by atoms with E-state index in [0.29, 0.717) is 24.4 Å². The second-order valence-corrected chi connectivity index (χ2v) is 11.1. The maximum Gasteiger partial charge on any atom is 0.410 e. The highest BCUT2D eigenvalue weighted by molar-refractivity contribution is 5.80. The van der Waals surface area contributed by atoms with Gasteiger partial charge in [0.25, 0.3) is 0 Å². The summed E-state index contributed by atoms with van der Waals surface area (Å²) in [7, 11) is 1.63. The average molecular weight is 482 g/mol.